The average Bonchev–Trinajstić information content (AvgIpc) is 2.89. The minimum Gasteiger partial charge on any atom is -0.438 e. The molecule has 4 aromatic rings. The molecule has 0 radical (unpaired) electrons. The summed E-state index contributed by atoms with van der Waals surface area (Å²) in [4.78, 5) is 4.47. The Hall–Kier alpha value is -2.68. The summed E-state index contributed by atoms with van der Waals surface area (Å²) in [5.41, 5.74) is 5.74. The number of rotatable bonds is 1. The second kappa shape index (κ2) is 4.92. The molecule has 0 aliphatic rings. The van der Waals surface area contributed by atoms with E-state index in [1.54, 1.807) is 12.3 Å². The fraction of sp³-hybridized carbons (Fsp3) is 0.200. The number of furan rings is 1. The van der Waals surface area contributed by atoms with Gasteiger partial charge in [-0.2, -0.15) is 0 Å². The van der Waals surface area contributed by atoms with Crippen LogP contribution in [0.1, 0.15) is 20.9 Å². The molecule has 4 rings (SSSR count). The summed E-state index contributed by atoms with van der Waals surface area (Å²) in [5.74, 6) is 0. The van der Waals surface area contributed by atoms with Crippen LogP contribution >= 0.6 is 0 Å². The van der Waals surface area contributed by atoms with E-state index in [-0.39, 0.29) is 0 Å². The van der Waals surface area contributed by atoms with E-state index in [2.05, 4.69) is 11.1 Å². The molecule has 0 unspecified atom stereocenters. The standard InChI is InChI=1S/C20H19N2O/c1-12-5-8-18(22(4)11-12)16-10-17-15-7-6-14(3)21-20(15)23-19(17)9-13(16)2/h5-11H,1-4H3/q+1/i1D3. The zero-order chi connectivity index (χ0) is 18.6. The third kappa shape index (κ3) is 2.20. The number of hydrogen-bond acceptors (Lipinski definition) is 2. The van der Waals surface area contributed by atoms with Gasteiger partial charge in [-0.05, 0) is 56.6 Å². The number of aryl methyl sites for hydroxylation is 4. The summed E-state index contributed by atoms with van der Waals surface area (Å²) < 4.78 is 30.5. The van der Waals surface area contributed by atoms with Gasteiger partial charge in [-0.25, -0.2) is 9.55 Å². The van der Waals surface area contributed by atoms with Crippen molar-refractivity contribution in [3.05, 3.63) is 59.4 Å². The van der Waals surface area contributed by atoms with Crippen molar-refractivity contribution in [1.82, 2.24) is 4.98 Å². The van der Waals surface area contributed by atoms with Crippen LogP contribution in [0.5, 0.6) is 0 Å². The number of hydrogen-bond donors (Lipinski definition) is 0. The van der Waals surface area contributed by atoms with E-state index in [4.69, 9.17) is 8.53 Å². The fourth-order valence-corrected chi connectivity index (χ4v) is 3.06. The van der Waals surface area contributed by atoms with Gasteiger partial charge in [0.2, 0.25) is 11.4 Å². The third-order valence-corrected chi connectivity index (χ3v) is 4.23. The number of pyridine rings is 2. The Morgan fingerprint density at radius 2 is 1.96 bits per heavy atom. The summed E-state index contributed by atoms with van der Waals surface area (Å²) in [6.45, 7) is 1.85. The van der Waals surface area contributed by atoms with Gasteiger partial charge in [-0.15, -0.1) is 0 Å². The van der Waals surface area contributed by atoms with E-state index in [1.165, 1.54) is 0 Å². The molecule has 0 atom stereocenters. The summed E-state index contributed by atoms with van der Waals surface area (Å²) in [5, 5.41) is 1.99. The summed E-state index contributed by atoms with van der Waals surface area (Å²) in [7, 11) is 1.87. The molecule has 3 heteroatoms. The maximum atomic E-state index is 7.58. The highest BCUT2D eigenvalue weighted by Gasteiger charge is 2.16. The van der Waals surface area contributed by atoms with Gasteiger partial charge in [0.1, 0.15) is 12.6 Å². The highest BCUT2D eigenvalue weighted by atomic mass is 16.3. The van der Waals surface area contributed by atoms with Crippen LogP contribution in [0.2, 0.25) is 0 Å². The van der Waals surface area contributed by atoms with Crippen molar-refractivity contribution >= 4 is 22.1 Å². The first-order chi connectivity index (χ1) is 12.2. The van der Waals surface area contributed by atoms with Gasteiger partial charge in [0.15, 0.2) is 6.20 Å². The zero-order valence-corrected chi connectivity index (χ0v) is 13.3. The van der Waals surface area contributed by atoms with Crippen molar-refractivity contribution in [2.75, 3.05) is 0 Å². The number of nitrogens with zero attached hydrogens (tertiary/aromatic N) is 2. The molecule has 3 heterocycles. The van der Waals surface area contributed by atoms with Crippen LogP contribution in [-0.4, -0.2) is 4.98 Å². The minimum absolute atomic E-state index is 0.330. The highest BCUT2D eigenvalue weighted by molar-refractivity contribution is 6.05. The molecule has 0 saturated carbocycles. The molecule has 0 amide bonds. The van der Waals surface area contributed by atoms with Crippen LogP contribution in [-0.2, 0) is 7.05 Å². The van der Waals surface area contributed by atoms with Crippen molar-refractivity contribution in [1.29, 1.82) is 0 Å². The quantitative estimate of drug-likeness (QED) is 0.488. The van der Waals surface area contributed by atoms with Crippen LogP contribution < -0.4 is 4.57 Å². The molecule has 0 saturated heterocycles. The molecule has 3 aromatic heterocycles. The van der Waals surface area contributed by atoms with Gasteiger partial charge < -0.3 is 4.42 Å². The van der Waals surface area contributed by atoms with E-state index in [9.17, 15) is 0 Å². The van der Waals surface area contributed by atoms with E-state index in [1.807, 2.05) is 49.7 Å². The van der Waals surface area contributed by atoms with Gasteiger partial charge >= 0.3 is 0 Å². The molecular weight excluding hydrogens is 284 g/mol. The molecular formula is C20H19N2O+. The van der Waals surface area contributed by atoms with E-state index in [0.717, 1.165) is 38.9 Å². The molecule has 0 spiro atoms. The maximum absolute atomic E-state index is 7.58. The first kappa shape index (κ1) is 10.9. The van der Waals surface area contributed by atoms with Crippen molar-refractivity contribution in [3.8, 4) is 11.3 Å². The lowest BCUT2D eigenvalue weighted by Crippen LogP contribution is -2.31. The molecule has 0 aliphatic heterocycles. The Balaban J connectivity index is 1.94. The van der Waals surface area contributed by atoms with E-state index >= 15 is 0 Å². The Morgan fingerprint density at radius 3 is 2.74 bits per heavy atom. The summed E-state index contributed by atoms with van der Waals surface area (Å²) in [6.07, 6.45) is 1.67. The Labute approximate surface area is 139 Å². The fourth-order valence-electron chi connectivity index (χ4n) is 3.06. The van der Waals surface area contributed by atoms with Gasteiger partial charge in [0, 0.05) is 37.8 Å². The maximum Gasteiger partial charge on any atom is 0.227 e. The molecule has 0 fully saturated rings. The van der Waals surface area contributed by atoms with Crippen LogP contribution in [0.15, 0.2) is 47.0 Å². The van der Waals surface area contributed by atoms with E-state index in [0.29, 0.717) is 11.3 Å². The van der Waals surface area contributed by atoms with Crippen LogP contribution in [0, 0.1) is 20.7 Å². The second-order valence-corrected chi connectivity index (χ2v) is 5.98. The second-order valence-electron chi connectivity index (χ2n) is 5.98. The Morgan fingerprint density at radius 1 is 1.09 bits per heavy atom. The molecule has 3 nitrogen and oxygen atoms in total. The van der Waals surface area contributed by atoms with Gasteiger partial charge in [0.25, 0.3) is 0 Å². The molecule has 23 heavy (non-hydrogen) atoms. The lowest BCUT2D eigenvalue weighted by atomic mass is 10.0. The lowest BCUT2D eigenvalue weighted by molar-refractivity contribution is -0.660. The predicted octanol–water partition coefficient (Wildman–Crippen LogP) is 4.40. The normalized spacial score (nSPS) is 14.0. The van der Waals surface area contributed by atoms with E-state index < -0.39 is 6.85 Å². The van der Waals surface area contributed by atoms with Crippen LogP contribution in [0.3, 0.4) is 0 Å². The smallest absolute Gasteiger partial charge is 0.227 e. The highest BCUT2D eigenvalue weighted by Crippen LogP contribution is 2.33. The van der Waals surface area contributed by atoms with Crippen molar-refractivity contribution in [2.24, 2.45) is 7.05 Å². The first-order valence-electron chi connectivity index (χ1n) is 9.05. The van der Waals surface area contributed by atoms with Crippen LogP contribution in [0.4, 0.5) is 0 Å². The van der Waals surface area contributed by atoms with Crippen molar-refractivity contribution in [2.45, 2.75) is 20.7 Å². The molecule has 0 N–H and O–H groups in total. The van der Waals surface area contributed by atoms with Gasteiger partial charge in [-0.1, -0.05) is 0 Å². The predicted molar refractivity (Wildman–Crippen MR) is 92.3 cm³/mol. The molecule has 0 aliphatic carbocycles. The lowest BCUT2D eigenvalue weighted by Gasteiger charge is -2.05. The largest absolute Gasteiger partial charge is 0.438 e. The minimum atomic E-state index is -2.11. The first-order valence-corrected chi connectivity index (χ1v) is 7.55. The monoisotopic (exact) mass is 306 g/mol. The third-order valence-electron chi connectivity index (χ3n) is 4.23. The van der Waals surface area contributed by atoms with Gasteiger partial charge in [-0.3, -0.25) is 0 Å². The summed E-state index contributed by atoms with van der Waals surface area (Å²) >= 11 is 0. The van der Waals surface area contributed by atoms with Crippen molar-refractivity contribution < 1.29 is 13.1 Å². The number of fused-ring (bicyclic) bond motifs is 3. The Kier molecular flexibility index (Phi) is 2.34. The zero-order valence-electron chi connectivity index (χ0n) is 16.3. The summed E-state index contributed by atoms with van der Waals surface area (Å²) in [6, 6.07) is 11.6. The Bertz CT molecular complexity index is 1160. The average molecular weight is 306 g/mol. The number of aromatic nitrogens is 2. The SMILES string of the molecule is [2H]C([2H])([2H])c1ccc(-c2cc3c(cc2C)oc2nc(C)ccc23)[n+](C)c1. The molecule has 0 bridgehead atoms. The van der Waals surface area contributed by atoms with Crippen LogP contribution in [0.25, 0.3) is 33.3 Å². The van der Waals surface area contributed by atoms with Gasteiger partial charge in [0.05, 0.1) is 0 Å². The molecule has 114 valence electrons. The number of benzene rings is 1. The molecule has 1 aromatic carbocycles. The topological polar surface area (TPSA) is 29.9 Å². The van der Waals surface area contributed by atoms with Crippen molar-refractivity contribution in [3.63, 3.8) is 0 Å².